The van der Waals surface area contributed by atoms with Gasteiger partial charge in [0.15, 0.2) is 0 Å². The maximum atomic E-state index is 13.1. The van der Waals surface area contributed by atoms with Crippen molar-refractivity contribution in [3.05, 3.63) is 34.9 Å². The summed E-state index contributed by atoms with van der Waals surface area (Å²) in [5, 5.41) is 5.56. The van der Waals surface area contributed by atoms with Gasteiger partial charge >= 0.3 is 6.03 Å². The number of imide groups is 1. The number of hydrogen-bond acceptors (Lipinski definition) is 4. The van der Waals surface area contributed by atoms with E-state index in [1.54, 1.807) is 6.92 Å². The Hall–Kier alpha value is -2.90. The molecule has 0 unspecified atom stereocenters. The fourth-order valence-corrected chi connectivity index (χ4v) is 3.98. The van der Waals surface area contributed by atoms with Crippen LogP contribution in [0.1, 0.15) is 42.9 Å². The molecule has 1 saturated heterocycles. The molecule has 4 rings (SSSR count). The number of amides is 5. The van der Waals surface area contributed by atoms with Crippen LogP contribution in [0.3, 0.4) is 0 Å². The van der Waals surface area contributed by atoms with Crippen molar-refractivity contribution in [1.29, 1.82) is 0 Å². The minimum Gasteiger partial charge on any atom is -0.352 e. The van der Waals surface area contributed by atoms with E-state index in [2.05, 4.69) is 10.6 Å². The van der Waals surface area contributed by atoms with Crippen LogP contribution in [0.2, 0.25) is 0 Å². The van der Waals surface area contributed by atoms with Gasteiger partial charge in [-0.25, -0.2) is 4.79 Å². The molecule has 8 nitrogen and oxygen atoms in total. The first-order valence-corrected chi connectivity index (χ1v) is 10.1. The monoisotopic (exact) mass is 398 g/mol. The van der Waals surface area contributed by atoms with Gasteiger partial charge in [-0.05, 0) is 55.7 Å². The maximum Gasteiger partial charge on any atom is 0.325 e. The van der Waals surface area contributed by atoms with E-state index in [1.165, 1.54) is 23.1 Å². The van der Waals surface area contributed by atoms with E-state index in [4.69, 9.17) is 0 Å². The number of benzene rings is 1. The molecule has 2 N–H and O–H groups in total. The summed E-state index contributed by atoms with van der Waals surface area (Å²) in [6.45, 7) is 1.18. The number of likely N-dealkylation sites (N-methyl/N-ethyl adjacent to an activating group) is 1. The zero-order valence-corrected chi connectivity index (χ0v) is 16.8. The van der Waals surface area contributed by atoms with E-state index in [-0.39, 0.29) is 18.5 Å². The second-order valence-electron chi connectivity index (χ2n) is 8.38. The Morgan fingerprint density at radius 1 is 1.24 bits per heavy atom. The molecule has 1 aromatic rings. The van der Waals surface area contributed by atoms with Crippen molar-refractivity contribution in [2.45, 2.75) is 50.6 Å². The number of fused-ring (bicyclic) bond motifs is 1. The van der Waals surface area contributed by atoms with Crippen LogP contribution in [0, 0.1) is 0 Å². The molecule has 1 aliphatic heterocycles. The largest absolute Gasteiger partial charge is 0.352 e. The molecule has 0 aromatic heterocycles. The highest BCUT2D eigenvalue weighted by Gasteiger charge is 2.49. The van der Waals surface area contributed by atoms with Crippen LogP contribution in [0.5, 0.6) is 0 Å². The number of rotatable bonds is 6. The summed E-state index contributed by atoms with van der Waals surface area (Å²) in [5.74, 6) is -1.15. The summed E-state index contributed by atoms with van der Waals surface area (Å²) >= 11 is 0. The lowest BCUT2D eigenvalue weighted by atomic mass is 9.89. The summed E-state index contributed by atoms with van der Waals surface area (Å²) in [5.41, 5.74) is 2.02. The van der Waals surface area contributed by atoms with Crippen LogP contribution in [0.25, 0.3) is 0 Å². The Kier molecular flexibility index (Phi) is 4.80. The number of urea groups is 1. The van der Waals surface area contributed by atoms with Crippen molar-refractivity contribution < 1.29 is 19.2 Å². The summed E-state index contributed by atoms with van der Waals surface area (Å²) in [7, 11) is 1.49. The highest BCUT2D eigenvalue weighted by molar-refractivity contribution is 6.09. The molecule has 1 heterocycles. The van der Waals surface area contributed by atoms with Gasteiger partial charge in [0.05, 0.1) is 6.54 Å². The topological polar surface area (TPSA) is 98.8 Å². The zero-order valence-electron chi connectivity index (χ0n) is 16.8. The molecule has 0 bridgehead atoms. The first kappa shape index (κ1) is 19.4. The highest BCUT2D eigenvalue weighted by Crippen LogP contribution is 2.32. The van der Waals surface area contributed by atoms with Crippen LogP contribution >= 0.6 is 0 Å². The Morgan fingerprint density at radius 3 is 2.69 bits per heavy atom. The lowest BCUT2D eigenvalue weighted by molar-refractivity contribution is -0.139. The molecule has 5 amide bonds. The van der Waals surface area contributed by atoms with Gasteiger partial charge in [0, 0.05) is 13.1 Å². The number of carbonyl (C=O) groups excluding carboxylic acids is 4. The molecule has 1 saturated carbocycles. The molecule has 0 radical (unpaired) electrons. The van der Waals surface area contributed by atoms with Gasteiger partial charge in [0.25, 0.3) is 5.91 Å². The molecule has 2 fully saturated rings. The van der Waals surface area contributed by atoms with Crippen LogP contribution < -0.4 is 10.6 Å². The first-order chi connectivity index (χ1) is 13.8. The molecule has 1 aromatic carbocycles. The normalized spacial score (nSPS) is 23.0. The molecular formula is C21H26N4O4. The standard InChI is InChI=1S/C21H26N4O4/c1-21(15-7-6-13-4-3-5-14(13)10-15)19(28)25(20(29)23-21)12-18(27)24(2)11-17(26)22-16-8-9-16/h6-7,10,16H,3-5,8-9,11-12H2,1-2H3,(H,22,26)(H,23,29)/t21-/m0/s1. The van der Waals surface area contributed by atoms with Gasteiger partial charge in [-0.1, -0.05) is 18.2 Å². The van der Waals surface area contributed by atoms with Crippen molar-refractivity contribution >= 4 is 23.8 Å². The fourth-order valence-electron chi connectivity index (χ4n) is 3.98. The fraction of sp³-hybridized carbons (Fsp3) is 0.524. The van der Waals surface area contributed by atoms with E-state index < -0.39 is 29.9 Å². The Morgan fingerprint density at radius 2 is 1.97 bits per heavy atom. The molecule has 8 heteroatoms. The summed E-state index contributed by atoms with van der Waals surface area (Å²) in [6, 6.07) is 5.50. The quantitative estimate of drug-likeness (QED) is 0.689. The van der Waals surface area contributed by atoms with Crippen molar-refractivity contribution in [3.8, 4) is 0 Å². The maximum absolute atomic E-state index is 13.1. The number of aryl methyl sites for hydroxylation is 2. The third-order valence-corrected chi connectivity index (χ3v) is 5.99. The first-order valence-electron chi connectivity index (χ1n) is 10.1. The molecule has 29 heavy (non-hydrogen) atoms. The predicted molar refractivity (Wildman–Crippen MR) is 105 cm³/mol. The lowest BCUT2D eigenvalue weighted by Crippen LogP contribution is -2.46. The second kappa shape index (κ2) is 7.17. The van der Waals surface area contributed by atoms with Crippen LogP contribution in [0.4, 0.5) is 4.79 Å². The lowest BCUT2D eigenvalue weighted by Gasteiger charge is -2.24. The van der Waals surface area contributed by atoms with E-state index in [0.717, 1.165) is 42.6 Å². The van der Waals surface area contributed by atoms with Gasteiger partial charge in [0.2, 0.25) is 11.8 Å². The molecule has 154 valence electrons. The van der Waals surface area contributed by atoms with Crippen molar-refractivity contribution in [2.24, 2.45) is 0 Å². The molecule has 1 atom stereocenters. The molecule has 2 aliphatic carbocycles. The smallest absolute Gasteiger partial charge is 0.325 e. The number of nitrogens with zero attached hydrogens (tertiary/aromatic N) is 2. The van der Waals surface area contributed by atoms with E-state index in [1.807, 2.05) is 18.2 Å². The Balaban J connectivity index is 1.43. The van der Waals surface area contributed by atoms with Gasteiger partial charge in [-0.15, -0.1) is 0 Å². The SMILES string of the molecule is CN(CC(=O)NC1CC1)C(=O)CN1C(=O)N[C@@](C)(c2ccc3c(c2)CCC3)C1=O. The van der Waals surface area contributed by atoms with Crippen molar-refractivity contribution in [3.63, 3.8) is 0 Å². The van der Waals surface area contributed by atoms with Gasteiger partial charge < -0.3 is 15.5 Å². The molecular weight excluding hydrogens is 372 g/mol. The number of nitrogens with one attached hydrogen (secondary N) is 2. The van der Waals surface area contributed by atoms with Gasteiger partial charge in [0.1, 0.15) is 12.1 Å². The number of hydrogen-bond donors (Lipinski definition) is 2. The second-order valence-corrected chi connectivity index (χ2v) is 8.38. The molecule has 3 aliphatic rings. The van der Waals surface area contributed by atoms with E-state index >= 15 is 0 Å². The Labute approximate surface area is 169 Å². The van der Waals surface area contributed by atoms with Gasteiger partial charge in [-0.2, -0.15) is 0 Å². The van der Waals surface area contributed by atoms with Gasteiger partial charge in [-0.3, -0.25) is 19.3 Å². The van der Waals surface area contributed by atoms with E-state index in [0.29, 0.717) is 0 Å². The highest BCUT2D eigenvalue weighted by atomic mass is 16.2. The number of carbonyl (C=O) groups is 4. The van der Waals surface area contributed by atoms with E-state index in [9.17, 15) is 19.2 Å². The average Bonchev–Trinajstić information content (AvgIpc) is 3.30. The van der Waals surface area contributed by atoms with Crippen LogP contribution in [-0.2, 0) is 32.8 Å². The minimum absolute atomic E-state index is 0.0962. The minimum atomic E-state index is -1.20. The van der Waals surface area contributed by atoms with Crippen LogP contribution in [0.15, 0.2) is 18.2 Å². The zero-order chi connectivity index (χ0) is 20.8. The van der Waals surface area contributed by atoms with Crippen LogP contribution in [-0.4, -0.2) is 59.7 Å². The van der Waals surface area contributed by atoms with Crippen molar-refractivity contribution in [1.82, 2.24) is 20.4 Å². The Bertz CT molecular complexity index is 895. The predicted octanol–water partition coefficient (Wildman–Crippen LogP) is 0.679. The summed E-state index contributed by atoms with van der Waals surface area (Å²) in [4.78, 5) is 52.1. The third kappa shape index (κ3) is 3.71. The molecule has 0 spiro atoms. The van der Waals surface area contributed by atoms with Crippen molar-refractivity contribution in [2.75, 3.05) is 20.1 Å². The average molecular weight is 398 g/mol. The third-order valence-electron chi connectivity index (χ3n) is 5.99. The summed E-state index contributed by atoms with van der Waals surface area (Å²) < 4.78 is 0. The summed E-state index contributed by atoms with van der Waals surface area (Å²) in [6.07, 6.45) is 5.03.